The summed E-state index contributed by atoms with van der Waals surface area (Å²) >= 11 is 0. The number of rotatable bonds is 5. The van der Waals surface area contributed by atoms with Gasteiger partial charge in [-0.2, -0.15) is 5.10 Å². The Labute approximate surface area is 103 Å². The number of nitrogens with one attached hydrogen (secondary N) is 1. The average Bonchev–Trinajstić information content (AvgIpc) is 2.79. The molecule has 1 aromatic rings. The first kappa shape index (κ1) is 12.5. The van der Waals surface area contributed by atoms with Gasteiger partial charge in [0.25, 0.3) is 0 Å². The van der Waals surface area contributed by atoms with Crippen LogP contribution in [-0.4, -0.2) is 60.1 Å². The number of morpholine rings is 1. The Hall–Kier alpha value is -0.910. The minimum Gasteiger partial charge on any atom is -0.374 e. The molecule has 5 heteroatoms. The van der Waals surface area contributed by atoms with Gasteiger partial charge in [-0.3, -0.25) is 4.68 Å². The molecule has 1 N–H and O–H groups in total. The van der Waals surface area contributed by atoms with Gasteiger partial charge < -0.3 is 15.0 Å². The van der Waals surface area contributed by atoms with E-state index < -0.39 is 0 Å². The Morgan fingerprint density at radius 1 is 1.59 bits per heavy atom. The SMILES string of the molecule is CC(Cn1cccn1)NCC1CN(C)CCO1. The number of hydrogen-bond acceptors (Lipinski definition) is 4. The van der Waals surface area contributed by atoms with Crippen LogP contribution in [0.25, 0.3) is 0 Å². The Morgan fingerprint density at radius 3 is 3.18 bits per heavy atom. The molecule has 0 aromatic carbocycles. The van der Waals surface area contributed by atoms with Crippen molar-refractivity contribution in [2.24, 2.45) is 0 Å². The van der Waals surface area contributed by atoms with E-state index in [-0.39, 0.29) is 0 Å². The first-order chi connectivity index (χ1) is 8.24. The molecule has 0 saturated carbocycles. The molecule has 2 rings (SSSR count). The minimum atomic E-state index is 0.314. The van der Waals surface area contributed by atoms with Crippen molar-refractivity contribution in [3.05, 3.63) is 18.5 Å². The highest BCUT2D eigenvalue weighted by Crippen LogP contribution is 2.02. The summed E-state index contributed by atoms with van der Waals surface area (Å²) in [6.45, 7) is 6.88. The third-order valence-corrected chi connectivity index (χ3v) is 3.06. The highest BCUT2D eigenvalue weighted by molar-refractivity contribution is 4.79. The topological polar surface area (TPSA) is 42.3 Å². The summed E-state index contributed by atoms with van der Waals surface area (Å²) in [5.41, 5.74) is 0. The van der Waals surface area contributed by atoms with Gasteiger partial charge in [0, 0.05) is 38.1 Å². The van der Waals surface area contributed by atoms with Crippen LogP contribution in [0.1, 0.15) is 6.92 Å². The predicted molar refractivity (Wildman–Crippen MR) is 66.9 cm³/mol. The second kappa shape index (κ2) is 6.14. The molecule has 2 heterocycles. The maximum absolute atomic E-state index is 5.71. The van der Waals surface area contributed by atoms with Gasteiger partial charge in [0.1, 0.15) is 0 Å². The Kier molecular flexibility index (Phi) is 4.53. The van der Waals surface area contributed by atoms with Crippen LogP contribution >= 0.6 is 0 Å². The standard InChI is InChI=1S/C12H22N4O/c1-11(9-16-5-3-4-14-16)13-8-12-10-15(2)6-7-17-12/h3-5,11-13H,6-10H2,1-2H3. The molecule has 2 unspecified atom stereocenters. The normalized spacial score (nSPS) is 23.8. The van der Waals surface area contributed by atoms with Crippen molar-refractivity contribution in [2.45, 2.75) is 25.6 Å². The van der Waals surface area contributed by atoms with E-state index in [1.807, 2.05) is 23.1 Å². The zero-order valence-electron chi connectivity index (χ0n) is 10.7. The maximum Gasteiger partial charge on any atom is 0.0826 e. The fourth-order valence-electron chi connectivity index (χ4n) is 2.08. The number of nitrogens with zero attached hydrogens (tertiary/aromatic N) is 3. The molecule has 0 aliphatic carbocycles. The van der Waals surface area contributed by atoms with Crippen LogP contribution in [0.15, 0.2) is 18.5 Å². The summed E-state index contributed by atoms with van der Waals surface area (Å²) in [6.07, 6.45) is 4.11. The summed E-state index contributed by atoms with van der Waals surface area (Å²) in [7, 11) is 2.14. The first-order valence-corrected chi connectivity index (χ1v) is 6.25. The van der Waals surface area contributed by atoms with Crippen molar-refractivity contribution in [3.63, 3.8) is 0 Å². The van der Waals surface area contributed by atoms with Crippen LogP contribution in [0.3, 0.4) is 0 Å². The third kappa shape index (κ3) is 4.11. The molecular formula is C12H22N4O. The van der Waals surface area contributed by atoms with E-state index in [1.54, 1.807) is 0 Å². The molecule has 1 aromatic heterocycles. The summed E-state index contributed by atoms with van der Waals surface area (Å²) < 4.78 is 7.66. The fraction of sp³-hybridized carbons (Fsp3) is 0.750. The molecule has 1 fully saturated rings. The highest BCUT2D eigenvalue weighted by atomic mass is 16.5. The maximum atomic E-state index is 5.71. The number of ether oxygens (including phenoxy) is 1. The molecule has 96 valence electrons. The quantitative estimate of drug-likeness (QED) is 0.795. The van der Waals surface area contributed by atoms with Crippen molar-refractivity contribution < 1.29 is 4.74 Å². The Morgan fingerprint density at radius 2 is 2.47 bits per heavy atom. The molecule has 2 atom stereocenters. The van der Waals surface area contributed by atoms with E-state index in [0.717, 1.165) is 32.8 Å². The lowest BCUT2D eigenvalue weighted by Gasteiger charge is -2.31. The Balaban J connectivity index is 1.67. The summed E-state index contributed by atoms with van der Waals surface area (Å²) in [6, 6.07) is 2.36. The molecule has 0 amide bonds. The molecule has 0 radical (unpaired) electrons. The first-order valence-electron chi connectivity index (χ1n) is 6.25. The van der Waals surface area contributed by atoms with Crippen LogP contribution in [0, 0.1) is 0 Å². The lowest BCUT2D eigenvalue weighted by molar-refractivity contribution is -0.0192. The molecule has 17 heavy (non-hydrogen) atoms. The number of likely N-dealkylation sites (N-methyl/N-ethyl adjacent to an activating group) is 1. The summed E-state index contributed by atoms with van der Waals surface area (Å²) in [5, 5.41) is 7.70. The van der Waals surface area contributed by atoms with E-state index in [4.69, 9.17) is 4.74 Å². The van der Waals surface area contributed by atoms with Crippen LogP contribution in [0.2, 0.25) is 0 Å². The van der Waals surface area contributed by atoms with Crippen molar-refractivity contribution >= 4 is 0 Å². The van der Waals surface area contributed by atoms with Gasteiger partial charge in [-0.1, -0.05) is 0 Å². The molecule has 1 aliphatic rings. The molecule has 1 saturated heterocycles. The third-order valence-electron chi connectivity index (χ3n) is 3.06. The van der Waals surface area contributed by atoms with Crippen molar-refractivity contribution in [3.8, 4) is 0 Å². The minimum absolute atomic E-state index is 0.314. The van der Waals surface area contributed by atoms with Gasteiger partial charge in [-0.15, -0.1) is 0 Å². The van der Waals surface area contributed by atoms with Crippen molar-refractivity contribution in [2.75, 3.05) is 33.3 Å². The highest BCUT2D eigenvalue weighted by Gasteiger charge is 2.17. The number of hydrogen-bond donors (Lipinski definition) is 1. The van der Waals surface area contributed by atoms with E-state index in [9.17, 15) is 0 Å². The second-order valence-electron chi connectivity index (χ2n) is 4.79. The number of aromatic nitrogens is 2. The lowest BCUT2D eigenvalue weighted by Crippen LogP contribution is -2.46. The van der Waals surface area contributed by atoms with E-state index in [2.05, 4.69) is 29.3 Å². The van der Waals surface area contributed by atoms with E-state index in [0.29, 0.717) is 12.1 Å². The van der Waals surface area contributed by atoms with Crippen molar-refractivity contribution in [1.82, 2.24) is 20.0 Å². The fourth-order valence-corrected chi connectivity index (χ4v) is 2.08. The summed E-state index contributed by atoms with van der Waals surface area (Å²) in [5.74, 6) is 0. The largest absolute Gasteiger partial charge is 0.374 e. The predicted octanol–water partition coefficient (Wildman–Crippen LogP) is 0.192. The molecule has 0 bridgehead atoms. The van der Waals surface area contributed by atoms with Gasteiger partial charge >= 0.3 is 0 Å². The summed E-state index contributed by atoms with van der Waals surface area (Å²) in [4.78, 5) is 2.31. The zero-order chi connectivity index (χ0) is 12.1. The van der Waals surface area contributed by atoms with E-state index >= 15 is 0 Å². The van der Waals surface area contributed by atoms with Gasteiger partial charge in [0.2, 0.25) is 0 Å². The lowest BCUT2D eigenvalue weighted by atomic mass is 10.2. The van der Waals surface area contributed by atoms with Gasteiger partial charge in [0.05, 0.1) is 19.3 Å². The average molecular weight is 238 g/mol. The van der Waals surface area contributed by atoms with Gasteiger partial charge in [-0.25, -0.2) is 0 Å². The Bertz CT molecular complexity index is 314. The smallest absolute Gasteiger partial charge is 0.0826 e. The monoisotopic (exact) mass is 238 g/mol. The zero-order valence-corrected chi connectivity index (χ0v) is 10.7. The van der Waals surface area contributed by atoms with Crippen molar-refractivity contribution in [1.29, 1.82) is 0 Å². The molecule has 1 aliphatic heterocycles. The molecular weight excluding hydrogens is 216 g/mol. The van der Waals surface area contributed by atoms with Crippen LogP contribution in [-0.2, 0) is 11.3 Å². The van der Waals surface area contributed by atoms with Crippen LogP contribution in [0.5, 0.6) is 0 Å². The second-order valence-corrected chi connectivity index (χ2v) is 4.79. The van der Waals surface area contributed by atoms with E-state index in [1.165, 1.54) is 0 Å². The van der Waals surface area contributed by atoms with Crippen LogP contribution in [0.4, 0.5) is 0 Å². The molecule has 5 nitrogen and oxygen atoms in total. The molecule has 0 spiro atoms. The van der Waals surface area contributed by atoms with Gasteiger partial charge in [0.15, 0.2) is 0 Å². The van der Waals surface area contributed by atoms with Crippen LogP contribution < -0.4 is 5.32 Å². The van der Waals surface area contributed by atoms with Gasteiger partial charge in [-0.05, 0) is 20.0 Å².